The molecule has 0 bridgehead atoms. The molecule has 0 radical (unpaired) electrons. The molecule has 0 saturated carbocycles. The van der Waals surface area contributed by atoms with Gasteiger partial charge in [-0.2, -0.15) is 0 Å². The van der Waals surface area contributed by atoms with Gasteiger partial charge in [0.1, 0.15) is 11.9 Å². The van der Waals surface area contributed by atoms with Crippen molar-refractivity contribution >= 4 is 28.4 Å². The lowest BCUT2D eigenvalue weighted by Gasteiger charge is -2.29. The molecule has 19 heavy (non-hydrogen) atoms. The van der Waals surface area contributed by atoms with Gasteiger partial charge in [0.05, 0.1) is 15.9 Å². The third-order valence-electron chi connectivity index (χ3n) is 3.22. The van der Waals surface area contributed by atoms with Crippen molar-refractivity contribution in [3.05, 3.63) is 15.1 Å². The van der Waals surface area contributed by atoms with Gasteiger partial charge in [-0.3, -0.25) is 0 Å². The summed E-state index contributed by atoms with van der Waals surface area (Å²) in [5, 5.41) is 3.16. The van der Waals surface area contributed by atoms with Crippen LogP contribution in [0, 0.1) is 3.57 Å². The Kier molecular flexibility index (Phi) is 5.35. The average Bonchev–Trinajstić information content (AvgIpc) is 2.41. The van der Waals surface area contributed by atoms with E-state index in [0.717, 1.165) is 53.4 Å². The van der Waals surface area contributed by atoms with Crippen molar-refractivity contribution in [3.8, 4) is 0 Å². The normalized spacial score (nSPS) is 20.5. The second-order valence-electron chi connectivity index (χ2n) is 4.81. The Morgan fingerprint density at radius 3 is 2.89 bits per heavy atom. The maximum atomic E-state index is 5.81. The Labute approximate surface area is 128 Å². The van der Waals surface area contributed by atoms with E-state index in [1.807, 2.05) is 7.05 Å². The molecule has 2 rings (SSSR count). The number of nitrogens with zero attached hydrogens (tertiary/aromatic N) is 3. The topological polar surface area (TPSA) is 50.3 Å². The fourth-order valence-corrected chi connectivity index (χ4v) is 2.94. The fraction of sp³-hybridized carbons (Fsp3) is 0.692. The van der Waals surface area contributed by atoms with Crippen molar-refractivity contribution in [2.24, 2.45) is 0 Å². The van der Waals surface area contributed by atoms with Crippen LogP contribution < -0.4 is 5.32 Å². The van der Waals surface area contributed by atoms with E-state index in [9.17, 15) is 0 Å². The van der Waals surface area contributed by atoms with Crippen molar-refractivity contribution in [2.45, 2.75) is 25.9 Å². The molecule has 5 nitrogen and oxygen atoms in total. The van der Waals surface area contributed by atoms with Gasteiger partial charge in [0.25, 0.3) is 0 Å². The number of aromatic nitrogens is 2. The Hall–Kier alpha value is -0.470. The molecule has 1 aromatic rings. The van der Waals surface area contributed by atoms with E-state index in [4.69, 9.17) is 9.72 Å². The van der Waals surface area contributed by atoms with Crippen molar-refractivity contribution in [2.75, 3.05) is 39.1 Å². The van der Waals surface area contributed by atoms with Crippen LogP contribution in [-0.4, -0.2) is 48.7 Å². The number of halogens is 1. The van der Waals surface area contributed by atoms with Gasteiger partial charge in [-0.1, -0.05) is 13.3 Å². The van der Waals surface area contributed by atoms with Crippen LogP contribution in [0.1, 0.15) is 31.0 Å². The van der Waals surface area contributed by atoms with E-state index in [0.29, 0.717) is 0 Å². The molecule has 106 valence electrons. The summed E-state index contributed by atoms with van der Waals surface area (Å²) in [6.45, 7) is 4.74. The predicted molar refractivity (Wildman–Crippen MR) is 84.5 cm³/mol. The quantitative estimate of drug-likeness (QED) is 0.816. The van der Waals surface area contributed by atoms with Gasteiger partial charge < -0.3 is 15.0 Å². The minimum Gasteiger partial charge on any atom is -0.372 e. The highest BCUT2D eigenvalue weighted by Gasteiger charge is 2.24. The monoisotopic (exact) mass is 376 g/mol. The minimum absolute atomic E-state index is 0.0153. The summed E-state index contributed by atoms with van der Waals surface area (Å²) < 4.78 is 6.93. The van der Waals surface area contributed by atoms with E-state index in [2.05, 4.69) is 51.8 Å². The molecule has 1 unspecified atom stereocenters. The first kappa shape index (κ1) is 14.9. The van der Waals surface area contributed by atoms with E-state index >= 15 is 0 Å². The first-order valence-electron chi connectivity index (χ1n) is 6.70. The van der Waals surface area contributed by atoms with Gasteiger partial charge >= 0.3 is 0 Å². The third kappa shape index (κ3) is 3.55. The number of nitrogens with one attached hydrogen (secondary N) is 1. The predicted octanol–water partition coefficient (Wildman–Crippen LogP) is 2.08. The van der Waals surface area contributed by atoms with Crippen LogP contribution in [0.2, 0.25) is 0 Å². The van der Waals surface area contributed by atoms with Gasteiger partial charge in [0.15, 0.2) is 5.82 Å². The molecule has 0 amide bonds. The highest BCUT2D eigenvalue weighted by Crippen LogP contribution is 2.25. The van der Waals surface area contributed by atoms with E-state index in [1.54, 1.807) is 0 Å². The summed E-state index contributed by atoms with van der Waals surface area (Å²) in [7, 11) is 4.01. The molecule has 1 aliphatic rings. The lowest BCUT2D eigenvalue weighted by atomic mass is 10.2. The molecule has 1 saturated heterocycles. The number of likely N-dealkylation sites (N-methyl/N-ethyl adjacent to an activating group) is 1. The maximum absolute atomic E-state index is 5.81. The van der Waals surface area contributed by atoms with Crippen LogP contribution in [-0.2, 0) is 11.2 Å². The fourth-order valence-electron chi connectivity index (χ4n) is 2.16. The summed E-state index contributed by atoms with van der Waals surface area (Å²) in [6, 6.07) is 0. The molecule has 1 N–H and O–H groups in total. The molecule has 1 fully saturated rings. The van der Waals surface area contributed by atoms with Gasteiger partial charge in [0, 0.05) is 20.1 Å². The second kappa shape index (κ2) is 6.81. The molecule has 2 heterocycles. The van der Waals surface area contributed by atoms with Gasteiger partial charge in [-0.05, 0) is 36.1 Å². The lowest BCUT2D eigenvalue weighted by molar-refractivity contribution is -0.0255. The van der Waals surface area contributed by atoms with Crippen LogP contribution in [0.3, 0.4) is 0 Å². The SMILES string of the molecule is CCCc1nc(C2CN(C)CCO2)nc(NC)c1I. The van der Waals surface area contributed by atoms with Crippen molar-refractivity contribution in [1.29, 1.82) is 0 Å². The Morgan fingerprint density at radius 1 is 1.47 bits per heavy atom. The number of aryl methyl sites for hydroxylation is 1. The molecular weight excluding hydrogens is 355 g/mol. The van der Waals surface area contributed by atoms with Crippen molar-refractivity contribution < 1.29 is 4.74 Å². The molecule has 1 aliphatic heterocycles. The smallest absolute Gasteiger partial charge is 0.161 e. The zero-order chi connectivity index (χ0) is 13.8. The average molecular weight is 376 g/mol. The molecule has 0 spiro atoms. The summed E-state index contributed by atoms with van der Waals surface area (Å²) in [4.78, 5) is 11.6. The zero-order valence-electron chi connectivity index (χ0n) is 11.7. The minimum atomic E-state index is -0.0153. The number of hydrogen-bond donors (Lipinski definition) is 1. The van der Waals surface area contributed by atoms with Crippen LogP contribution in [0.5, 0.6) is 0 Å². The number of rotatable bonds is 4. The molecule has 6 heteroatoms. The third-order valence-corrected chi connectivity index (χ3v) is 4.35. The van der Waals surface area contributed by atoms with Gasteiger partial charge in [0.2, 0.25) is 0 Å². The van der Waals surface area contributed by atoms with Crippen LogP contribution in [0.15, 0.2) is 0 Å². The molecule has 0 aliphatic carbocycles. The van der Waals surface area contributed by atoms with Crippen molar-refractivity contribution in [1.82, 2.24) is 14.9 Å². The van der Waals surface area contributed by atoms with E-state index < -0.39 is 0 Å². The van der Waals surface area contributed by atoms with Crippen LogP contribution >= 0.6 is 22.6 Å². The first-order valence-corrected chi connectivity index (χ1v) is 7.77. The molecule has 1 aromatic heterocycles. The maximum Gasteiger partial charge on any atom is 0.161 e. The van der Waals surface area contributed by atoms with E-state index in [1.165, 1.54) is 0 Å². The molecule has 0 aromatic carbocycles. The number of anilines is 1. The zero-order valence-corrected chi connectivity index (χ0v) is 13.9. The number of ether oxygens (including phenoxy) is 1. The summed E-state index contributed by atoms with van der Waals surface area (Å²) in [6.07, 6.45) is 2.05. The van der Waals surface area contributed by atoms with E-state index in [-0.39, 0.29) is 6.10 Å². The number of hydrogen-bond acceptors (Lipinski definition) is 5. The van der Waals surface area contributed by atoms with Crippen LogP contribution in [0.25, 0.3) is 0 Å². The first-order chi connectivity index (χ1) is 9.15. The molecular formula is C13H21IN4O. The number of morpholine rings is 1. The summed E-state index contributed by atoms with van der Waals surface area (Å²) in [5.41, 5.74) is 1.12. The van der Waals surface area contributed by atoms with Gasteiger partial charge in [-0.25, -0.2) is 9.97 Å². The van der Waals surface area contributed by atoms with Crippen LogP contribution in [0.4, 0.5) is 5.82 Å². The lowest BCUT2D eigenvalue weighted by Crippen LogP contribution is -2.36. The summed E-state index contributed by atoms with van der Waals surface area (Å²) in [5.74, 6) is 1.71. The highest BCUT2D eigenvalue weighted by molar-refractivity contribution is 14.1. The van der Waals surface area contributed by atoms with Crippen molar-refractivity contribution in [3.63, 3.8) is 0 Å². The largest absolute Gasteiger partial charge is 0.372 e. The Bertz CT molecular complexity index is 441. The Morgan fingerprint density at radius 2 is 2.26 bits per heavy atom. The summed E-state index contributed by atoms with van der Waals surface area (Å²) >= 11 is 2.32. The molecule has 1 atom stereocenters. The Balaban J connectivity index is 2.31. The highest BCUT2D eigenvalue weighted by atomic mass is 127. The van der Waals surface area contributed by atoms with Gasteiger partial charge in [-0.15, -0.1) is 0 Å². The standard InChI is InChI=1S/C13H21IN4O/c1-4-5-9-11(14)13(15-2)17-12(16-9)10-8-18(3)6-7-19-10/h10H,4-8H2,1-3H3,(H,15,16,17). The second-order valence-corrected chi connectivity index (χ2v) is 5.89.